The molecule has 0 bridgehead atoms. The Balaban J connectivity index is 0.000000208. The summed E-state index contributed by atoms with van der Waals surface area (Å²) in [7, 11) is 0. The van der Waals surface area contributed by atoms with Crippen LogP contribution in [0.25, 0.3) is 11.0 Å². The number of nitrogens with one attached hydrogen (secondary N) is 1. The van der Waals surface area contributed by atoms with Crippen molar-refractivity contribution in [3.63, 3.8) is 0 Å². The van der Waals surface area contributed by atoms with Crippen molar-refractivity contribution in [3.05, 3.63) is 75.0 Å². The Morgan fingerprint density at radius 2 is 1.76 bits per heavy atom. The smallest absolute Gasteiger partial charge is 0.423 e. The van der Waals surface area contributed by atoms with Gasteiger partial charge in [-0.1, -0.05) is 24.3 Å². The van der Waals surface area contributed by atoms with Crippen molar-refractivity contribution in [2.75, 3.05) is 6.54 Å². The van der Waals surface area contributed by atoms with Crippen LogP contribution >= 0.6 is 0 Å². The summed E-state index contributed by atoms with van der Waals surface area (Å²) >= 11 is 0. The van der Waals surface area contributed by atoms with E-state index < -0.39 is 29.7 Å². The molecule has 29 heavy (non-hydrogen) atoms. The summed E-state index contributed by atoms with van der Waals surface area (Å²) in [6.45, 7) is -0.765. The van der Waals surface area contributed by atoms with Gasteiger partial charge in [0.05, 0.1) is 17.0 Å². The number of amides is 1. The molecular weight excluding hydrogens is 382 g/mol. The highest BCUT2D eigenvalue weighted by atomic mass is 16.4. The molecule has 2 aromatic carbocycles. The van der Waals surface area contributed by atoms with Gasteiger partial charge >= 0.3 is 11.7 Å². The van der Waals surface area contributed by atoms with Crippen LogP contribution in [0, 0.1) is 11.3 Å². The highest BCUT2D eigenvalue weighted by molar-refractivity contribution is 5.98. The fourth-order valence-electron chi connectivity index (χ4n) is 2.23. The number of aromatic hydroxyl groups is 1. The van der Waals surface area contributed by atoms with E-state index in [0.717, 1.165) is 4.57 Å². The van der Waals surface area contributed by atoms with E-state index in [2.05, 4.69) is 5.32 Å². The van der Waals surface area contributed by atoms with E-state index in [-0.39, 0.29) is 23.4 Å². The largest absolute Gasteiger partial charge is 0.507 e. The number of nitrogens with zero attached hydrogens (tertiary/aromatic N) is 2. The van der Waals surface area contributed by atoms with E-state index in [0.29, 0.717) is 5.39 Å². The second kappa shape index (κ2) is 9.52. The third-order valence-electron chi connectivity index (χ3n) is 3.56. The first-order chi connectivity index (χ1) is 13.8. The van der Waals surface area contributed by atoms with E-state index >= 15 is 0 Å². The number of para-hydroxylation sites is 2. The van der Waals surface area contributed by atoms with Gasteiger partial charge in [-0.15, -0.1) is 0 Å². The molecule has 0 saturated heterocycles. The number of carbonyl (C=O) groups is 2. The third-order valence-corrected chi connectivity index (χ3v) is 3.56. The van der Waals surface area contributed by atoms with Gasteiger partial charge in [0.1, 0.15) is 24.4 Å². The first-order valence-corrected chi connectivity index (χ1v) is 8.12. The van der Waals surface area contributed by atoms with Crippen LogP contribution in [0.4, 0.5) is 0 Å². The van der Waals surface area contributed by atoms with Gasteiger partial charge < -0.3 is 19.9 Å². The lowest BCUT2D eigenvalue weighted by molar-refractivity contribution is -0.135. The summed E-state index contributed by atoms with van der Waals surface area (Å²) in [6.07, 6.45) is 0. The van der Waals surface area contributed by atoms with E-state index in [4.69, 9.17) is 14.8 Å². The van der Waals surface area contributed by atoms with Crippen LogP contribution in [0.5, 0.6) is 5.75 Å². The normalized spacial score (nSPS) is 9.76. The van der Waals surface area contributed by atoms with Gasteiger partial charge in [-0.2, -0.15) is 5.26 Å². The highest BCUT2D eigenvalue weighted by Gasteiger charge is 2.10. The van der Waals surface area contributed by atoms with Gasteiger partial charge in [0, 0.05) is 0 Å². The number of hydrogen-bond acceptors (Lipinski definition) is 7. The molecule has 0 aliphatic heterocycles. The van der Waals surface area contributed by atoms with Crippen LogP contribution < -0.4 is 16.6 Å². The molecular formula is C19H15N3O7. The van der Waals surface area contributed by atoms with Crippen molar-refractivity contribution >= 4 is 22.8 Å². The van der Waals surface area contributed by atoms with E-state index in [1.165, 1.54) is 18.2 Å². The number of carbonyl (C=O) groups excluding carboxylic acids is 1. The molecule has 0 atom stereocenters. The molecule has 0 radical (unpaired) electrons. The molecule has 10 nitrogen and oxygen atoms in total. The zero-order valence-electron chi connectivity index (χ0n) is 14.9. The van der Waals surface area contributed by atoms with Gasteiger partial charge in [-0.05, 0) is 24.3 Å². The average Bonchev–Trinajstić information content (AvgIpc) is 2.70. The predicted molar refractivity (Wildman–Crippen MR) is 100 cm³/mol. The molecule has 0 fully saturated rings. The van der Waals surface area contributed by atoms with Crippen LogP contribution in [0.3, 0.4) is 0 Å². The van der Waals surface area contributed by atoms with E-state index in [1.54, 1.807) is 36.4 Å². The highest BCUT2D eigenvalue weighted by Crippen LogP contribution is 2.14. The van der Waals surface area contributed by atoms with Gasteiger partial charge in [0.2, 0.25) is 0 Å². The van der Waals surface area contributed by atoms with Gasteiger partial charge in [0.15, 0.2) is 0 Å². The second-order valence-electron chi connectivity index (χ2n) is 5.51. The number of fused-ring (bicyclic) bond motifs is 1. The topological polar surface area (TPSA) is 163 Å². The molecule has 148 valence electrons. The van der Waals surface area contributed by atoms with Crippen molar-refractivity contribution in [2.45, 2.75) is 6.54 Å². The van der Waals surface area contributed by atoms with E-state index in [1.807, 2.05) is 0 Å². The Morgan fingerprint density at radius 3 is 2.41 bits per heavy atom. The summed E-state index contributed by atoms with van der Waals surface area (Å²) in [4.78, 5) is 44.4. The fourth-order valence-corrected chi connectivity index (χ4v) is 2.23. The number of benzene rings is 2. The number of carboxylic acid groups (broad SMARTS) is 1. The molecule has 1 heterocycles. The quantitative estimate of drug-likeness (QED) is 0.579. The minimum atomic E-state index is -1.13. The predicted octanol–water partition coefficient (Wildman–Crippen LogP) is 0.685. The van der Waals surface area contributed by atoms with Crippen molar-refractivity contribution in [1.82, 2.24) is 9.88 Å². The zero-order valence-corrected chi connectivity index (χ0v) is 14.9. The van der Waals surface area contributed by atoms with E-state index in [9.17, 15) is 24.3 Å². The Hall–Kier alpha value is -4.39. The number of rotatable bonds is 4. The number of nitriles is 1. The lowest BCUT2D eigenvalue weighted by Gasteiger charge is -2.03. The number of carboxylic acids is 1. The Bertz CT molecular complexity index is 1200. The van der Waals surface area contributed by atoms with Crippen molar-refractivity contribution in [2.24, 2.45) is 0 Å². The number of aromatic nitrogens is 1. The first kappa shape index (κ1) is 20.9. The molecule has 0 unspecified atom stereocenters. The maximum atomic E-state index is 11.7. The van der Waals surface area contributed by atoms with Crippen LogP contribution in [-0.2, 0) is 11.3 Å². The van der Waals surface area contributed by atoms with Gasteiger partial charge in [-0.25, -0.2) is 9.36 Å². The SMILES string of the molecule is N#CCn1c(=O)oc2ccccc2c1=O.O=C(O)CNC(=O)c1ccccc1O. The Labute approximate surface area is 162 Å². The molecule has 10 heteroatoms. The maximum Gasteiger partial charge on any atom is 0.423 e. The molecule has 0 aliphatic carbocycles. The summed E-state index contributed by atoms with van der Waals surface area (Å²) in [6, 6.07) is 14.1. The van der Waals surface area contributed by atoms with Crippen molar-refractivity contribution < 1.29 is 24.2 Å². The number of phenolic OH excluding ortho intramolecular Hbond substituents is 1. The lowest BCUT2D eigenvalue weighted by atomic mass is 10.2. The summed E-state index contributed by atoms with van der Waals surface area (Å²) in [5, 5.41) is 28.4. The minimum absolute atomic E-state index is 0.0637. The molecule has 1 aromatic heterocycles. The van der Waals surface area contributed by atoms with Gasteiger partial charge in [-0.3, -0.25) is 14.4 Å². The molecule has 3 N–H and O–H groups in total. The zero-order chi connectivity index (χ0) is 21.4. The number of aliphatic carboxylic acids is 1. The molecule has 1 amide bonds. The Kier molecular flexibility index (Phi) is 6.86. The molecule has 3 rings (SSSR count). The number of hydrogen-bond donors (Lipinski definition) is 3. The summed E-state index contributed by atoms with van der Waals surface area (Å²) in [5.41, 5.74) is -0.196. The summed E-state index contributed by atoms with van der Waals surface area (Å²) in [5.74, 6) is -2.71. The van der Waals surface area contributed by atoms with Crippen molar-refractivity contribution in [3.8, 4) is 11.8 Å². The third kappa shape index (κ3) is 5.30. The second-order valence-corrected chi connectivity index (χ2v) is 5.51. The monoisotopic (exact) mass is 397 g/mol. The van der Waals surface area contributed by atoms with Crippen LogP contribution in [-0.4, -0.2) is 33.2 Å². The van der Waals surface area contributed by atoms with Crippen molar-refractivity contribution in [1.29, 1.82) is 5.26 Å². The first-order valence-electron chi connectivity index (χ1n) is 8.12. The number of phenols is 1. The molecule has 0 spiro atoms. The van der Waals surface area contributed by atoms with Crippen LogP contribution in [0.15, 0.2) is 62.5 Å². The summed E-state index contributed by atoms with van der Waals surface area (Å²) < 4.78 is 5.65. The maximum absolute atomic E-state index is 11.7. The van der Waals surface area contributed by atoms with Crippen LogP contribution in [0.1, 0.15) is 10.4 Å². The van der Waals surface area contributed by atoms with Gasteiger partial charge in [0.25, 0.3) is 11.5 Å². The molecule has 3 aromatic rings. The van der Waals surface area contributed by atoms with Crippen LogP contribution in [0.2, 0.25) is 0 Å². The average molecular weight is 397 g/mol. The Morgan fingerprint density at radius 1 is 1.10 bits per heavy atom. The fraction of sp³-hybridized carbons (Fsp3) is 0.105. The molecule has 0 saturated carbocycles. The molecule has 0 aliphatic rings. The standard InChI is InChI=1S/C10H6N2O3.C9H9NO4/c11-5-6-12-9(13)7-3-1-2-4-8(7)15-10(12)14;11-7-4-2-1-3-6(7)9(14)10-5-8(12)13/h1-4H,6H2;1-4,11H,5H2,(H,10,14)(H,12,13). The lowest BCUT2D eigenvalue weighted by Crippen LogP contribution is -2.32. The minimum Gasteiger partial charge on any atom is -0.507 e.